The minimum atomic E-state index is -0.339. The quantitative estimate of drug-likeness (QED) is 0.814. The number of aromatic amines is 1. The van der Waals surface area contributed by atoms with Gasteiger partial charge in [-0.2, -0.15) is 4.98 Å². The zero-order chi connectivity index (χ0) is 11.5. The summed E-state index contributed by atoms with van der Waals surface area (Å²) in [5.41, 5.74) is 0.590. The molecule has 1 aromatic carbocycles. The molecule has 0 radical (unpaired) electrons. The van der Waals surface area contributed by atoms with Crippen LogP contribution in [0.25, 0.3) is 11.4 Å². The highest BCUT2D eigenvalue weighted by Gasteiger charge is 2.04. The second-order valence-electron chi connectivity index (χ2n) is 3.00. The minimum absolute atomic E-state index is 0.148. The Labute approximate surface area is 96.2 Å². The van der Waals surface area contributed by atoms with Gasteiger partial charge in [-0.3, -0.25) is 4.98 Å². The molecule has 2 rings (SSSR count). The first-order chi connectivity index (χ1) is 7.69. The van der Waals surface area contributed by atoms with Crippen LogP contribution in [0.15, 0.2) is 24.3 Å². The summed E-state index contributed by atoms with van der Waals surface area (Å²) in [5.74, 6) is 0.0887. The SMILES string of the molecule is COc1nc(=S)nc(-c2cccc(F)c2)[nH]1. The zero-order valence-corrected chi connectivity index (χ0v) is 9.21. The van der Waals surface area contributed by atoms with Crippen molar-refractivity contribution in [3.8, 4) is 17.4 Å². The van der Waals surface area contributed by atoms with Crippen molar-refractivity contribution in [1.29, 1.82) is 0 Å². The lowest BCUT2D eigenvalue weighted by Gasteiger charge is -2.03. The fourth-order valence-corrected chi connectivity index (χ4v) is 1.41. The number of hydrogen-bond donors (Lipinski definition) is 1. The first kappa shape index (κ1) is 10.7. The Bertz CT molecular complexity index is 570. The third-order valence-electron chi connectivity index (χ3n) is 1.92. The number of methoxy groups -OCH3 is 1. The van der Waals surface area contributed by atoms with E-state index in [2.05, 4.69) is 15.0 Å². The van der Waals surface area contributed by atoms with E-state index in [4.69, 9.17) is 17.0 Å². The molecule has 1 aromatic heterocycles. The van der Waals surface area contributed by atoms with Gasteiger partial charge in [0.25, 0.3) is 6.01 Å². The van der Waals surface area contributed by atoms with Crippen LogP contribution < -0.4 is 4.74 Å². The van der Waals surface area contributed by atoms with Gasteiger partial charge in [-0.1, -0.05) is 12.1 Å². The van der Waals surface area contributed by atoms with Crippen molar-refractivity contribution in [2.75, 3.05) is 7.11 Å². The van der Waals surface area contributed by atoms with E-state index in [0.29, 0.717) is 11.4 Å². The van der Waals surface area contributed by atoms with E-state index in [0.717, 1.165) is 0 Å². The number of ether oxygens (including phenoxy) is 1. The lowest BCUT2D eigenvalue weighted by atomic mass is 10.2. The van der Waals surface area contributed by atoms with Crippen molar-refractivity contribution in [3.05, 3.63) is 34.9 Å². The fraction of sp³-hybridized carbons (Fsp3) is 0.100. The third kappa shape index (κ3) is 2.22. The Morgan fingerprint density at radius 1 is 1.38 bits per heavy atom. The highest BCUT2D eigenvalue weighted by Crippen LogP contribution is 2.16. The van der Waals surface area contributed by atoms with E-state index >= 15 is 0 Å². The summed E-state index contributed by atoms with van der Waals surface area (Å²) >= 11 is 4.87. The molecule has 2 aromatic rings. The summed E-state index contributed by atoms with van der Waals surface area (Å²) in [6.45, 7) is 0. The summed E-state index contributed by atoms with van der Waals surface area (Å²) in [4.78, 5) is 10.6. The summed E-state index contributed by atoms with van der Waals surface area (Å²) in [7, 11) is 1.46. The van der Waals surface area contributed by atoms with Crippen molar-refractivity contribution in [3.63, 3.8) is 0 Å². The van der Waals surface area contributed by atoms with E-state index in [1.807, 2.05) is 0 Å². The molecule has 0 saturated heterocycles. The maximum Gasteiger partial charge on any atom is 0.297 e. The van der Waals surface area contributed by atoms with E-state index in [1.165, 1.54) is 19.2 Å². The second-order valence-corrected chi connectivity index (χ2v) is 3.36. The fourth-order valence-electron chi connectivity index (χ4n) is 1.23. The van der Waals surface area contributed by atoms with Crippen LogP contribution in [-0.2, 0) is 0 Å². The van der Waals surface area contributed by atoms with Crippen LogP contribution >= 0.6 is 12.2 Å². The van der Waals surface area contributed by atoms with Crippen LogP contribution in [0.2, 0.25) is 0 Å². The van der Waals surface area contributed by atoms with Crippen molar-refractivity contribution in [2.24, 2.45) is 0 Å². The van der Waals surface area contributed by atoms with E-state index < -0.39 is 0 Å². The standard InChI is InChI=1S/C10H8FN3OS/c1-15-9-12-8(13-10(16)14-9)6-3-2-4-7(11)5-6/h2-5H,1H3,(H,12,13,14,16). The zero-order valence-electron chi connectivity index (χ0n) is 8.40. The maximum atomic E-state index is 13.0. The van der Waals surface area contributed by atoms with E-state index in [-0.39, 0.29) is 16.6 Å². The van der Waals surface area contributed by atoms with Gasteiger partial charge in [0.1, 0.15) is 11.6 Å². The molecule has 0 amide bonds. The minimum Gasteiger partial charge on any atom is -0.468 e. The largest absolute Gasteiger partial charge is 0.468 e. The van der Waals surface area contributed by atoms with Gasteiger partial charge in [0.05, 0.1) is 7.11 Å². The molecule has 0 saturated carbocycles. The molecule has 0 spiro atoms. The molecule has 1 N–H and O–H groups in total. The monoisotopic (exact) mass is 237 g/mol. The normalized spacial score (nSPS) is 10.1. The molecule has 0 aliphatic rings. The number of hydrogen-bond acceptors (Lipinski definition) is 4. The first-order valence-electron chi connectivity index (χ1n) is 4.47. The molecule has 0 aliphatic carbocycles. The van der Waals surface area contributed by atoms with Crippen LogP contribution in [0.4, 0.5) is 4.39 Å². The summed E-state index contributed by atoms with van der Waals surface area (Å²) in [6, 6.07) is 6.27. The highest BCUT2D eigenvalue weighted by molar-refractivity contribution is 7.71. The topological polar surface area (TPSA) is 50.8 Å². The Hall–Kier alpha value is -1.82. The predicted molar refractivity (Wildman–Crippen MR) is 59.2 cm³/mol. The van der Waals surface area contributed by atoms with Crippen LogP contribution in [0.3, 0.4) is 0 Å². The molecule has 0 bridgehead atoms. The molecule has 0 fully saturated rings. The maximum absolute atomic E-state index is 13.0. The van der Waals surface area contributed by atoms with Gasteiger partial charge in [-0.25, -0.2) is 9.37 Å². The Morgan fingerprint density at radius 3 is 2.88 bits per heavy atom. The number of benzene rings is 1. The first-order valence-corrected chi connectivity index (χ1v) is 4.88. The van der Waals surface area contributed by atoms with Crippen LogP contribution in [-0.4, -0.2) is 22.1 Å². The third-order valence-corrected chi connectivity index (χ3v) is 2.10. The Morgan fingerprint density at radius 2 is 2.19 bits per heavy atom. The average Bonchev–Trinajstić information content (AvgIpc) is 2.28. The molecule has 0 aliphatic heterocycles. The number of nitrogens with one attached hydrogen (secondary N) is 1. The van der Waals surface area contributed by atoms with Gasteiger partial charge >= 0.3 is 0 Å². The lowest BCUT2D eigenvalue weighted by molar-refractivity contribution is 0.378. The summed E-state index contributed by atoms with van der Waals surface area (Å²) < 4.78 is 18.1. The number of aromatic nitrogens is 3. The number of rotatable bonds is 2. The highest BCUT2D eigenvalue weighted by atomic mass is 32.1. The second kappa shape index (κ2) is 4.36. The van der Waals surface area contributed by atoms with Crippen molar-refractivity contribution < 1.29 is 9.13 Å². The van der Waals surface area contributed by atoms with Gasteiger partial charge in [0.2, 0.25) is 4.77 Å². The summed E-state index contributed by atoms with van der Waals surface area (Å²) in [6.07, 6.45) is 0. The van der Waals surface area contributed by atoms with Crippen LogP contribution in [0.5, 0.6) is 6.01 Å². The molecule has 1 heterocycles. The van der Waals surface area contributed by atoms with E-state index in [9.17, 15) is 4.39 Å². The molecule has 0 atom stereocenters. The van der Waals surface area contributed by atoms with Gasteiger partial charge in [0.15, 0.2) is 0 Å². The molecule has 4 nitrogen and oxygen atoms in total. The van der Waals surface area contributed by atoms with Gasteiger partial charge in [0, 0.05) is 5.56 Å². The Kier molecular flexibility index (Phi) is 2.91. The number of halogens is 1. The number of nitrogens with zero attached hydrogens (tertiary/aromatic N) is 2. The smallest absolute Gasteiger partial charge is 0.297 e. The molecular weight excluding hydrogens is 229 g/mol. The predicted octanol–water partition coefficient (Wildman–Crippen LogP) is 2.35. The molecule has 16 heavy (non-hydrogen) atoms. The molecule has 0 unspecified atom stereocenters. The molecular formula is C10H8FN3OS. The van der Waals surface area contributed by atoms with Crippen molar-refractivity contribution in [2.45, 2.75) is 0 Å². The van der Waals surface area contributed by atoms with Gasteiger partial charge < -0.3 is 4.74 Å². The van der Waals surface area contributed by atoms with Gasteiger partial charge in [-0.05, 0) is 24.4 Å². The summed E-state index contributed by atoms with van der Waals surface area (Å²) in [5, 5.41) is 0. The molecule has 82 valence electrons. The van der Waals surface area contributed by atoms with Crippen LogP contribution in [0.1, 0.15) is 0 Å². The lowest BCUT2D eigenvalue weighted by Crippen LogP contribution is -1.97. The average molecular weight is 237 g/mol. The van der Waals surface area contributed by atoms with Gasteiger partial charge in [-0.15, -0.1) is 0 Å². The number of H-pyrrole nitrogens is 1. The molecule has 6 heteroatoms. The van der Waals surface area contributed by atoms with Crippen LogP contribution in [0, 0.1) is 10.6 Å². The Balaban J connectivity index is 2.55. The van der Waals surface area contributed by atoms with E-state index in [1.54, 1.807) is 12.1 Å². The van der Waals surface area contributed by atoms with Crippen molar-refractivity contribution in [1.82, 2.24) is 15.0 Å². The van der Waals surface area contributed by atoms with Crippen molar-refractivity contribution >= 4 is 12.2 Å².